The van der Waals surface area contributed by atoms with E-state index in [4.69, 9.17) is 11.5 Å². The zero-order chi connectivity index (χ0) is 14.5. The van der Waals surface area contributed by atoms with E-state index in [1.807, 2.05) is 31.2 Å². The largest absolute Gasteiger partial charge is 0.366 e. The van der Waals surface area contributed by atoms with Gasteiger partial charge in [-0.1, -0.05) is 24.3 Å². The topological polar surface area (TPSA) is 94.0 Å². The van der Waals surface area contributed by atoms with Gasteiger partial charge in [0.25, 0.3) is 0 Å². The molecule has 5 nitrogen and oxygen atoms in total. The van der Waals surface area contributed by atoms with Crippen molar-refractivity contribution in [2.45, 2.75) is 20.0 Å². The van der Waals surface area contributed by atoms with Crippen LogP contribution >= 0.6 is 0 Å². The first-order valence-corrected chi connectivity index (χ1v) is 6.39. The molecule has 2 rings (SSSR count). The molecule has 20 heavy (non-hydrogen) atoms. The summed E-state index contributed by atoms with van der Waals surface area (Å²) in [6, 6.07) is 11.3. The molecule has 0 fully saturated rings. The van der Waals surface area contributed by atoms with Gasteiger partial charge in [0, 0.05) is 24.3 Å². The third kappa shape index (κ3) is 3.33. The van der Waals surface area contributed by atoms with Crippen LogP contribution in [-0.4, -0.2) is 10.9 Å². The van der Waals surface area contributed by atoms with Gasteiger partial charge in [-0.15, -0.1) is 0 Å². The fourth-order valence-electron chi connectivity index (χ4n) is 2.02. The second-order valence-corrected chi connectivity index (χ2v) is 4.57. The van der Waals surface area contributed by atoms with Crippen LogP contribution in [-0.2, 0) is 13.1 Å². The number of nitrogens with zero attached hydrogens (tertiary/aromatic N) is 1. The number of rotatable bonds is 5. The Bertz CT molecular complexity index is 625. The van der Waals surface area contributed by atoms with Gasteiger partial charge >= 0.3 is 0 Å². The lowest BCUT2D eigenvalue weighted by molar-refractivity contribution is 0.1000. The van der Waals surface area contributed by atoms with E-state index >= 15 is 0 Å². The number of hydrogen-bond donors (Lipinski definition) is 3. The van der Waals surface area contributed by atoms with Crippen LogP contribution in [0.1, 0.15) is 27.2 Å². The molecule has 0 bridgehead atoms. The van der Waals surface area contributed by atoms with Crippen LogP contribution in [0.3, 0.4) is 0 Å². The molecule has 0 atom stereocenters. The molecule has 104 valence electrons. The Balaban J connectivity index is 2.16. The number of hydrogen-bond acceptors (Lipinski definition) is 4. The SMILES string of the molecule is Cc1cc(C(N)=O)cc(NCc2ccccc2CN)n1. The van der Waals surface area contributed by atoms with Gasteiger partial charge in [0.2, 0.25) is 5.91 Å². The number of nitrogens with two attached hydrogens (primary N) is 2. The summed E-state index contributed by atoms with van der Waals surface area (Å²) in [7, 11) is 0. The number of aryl methyl sites for hydroxylation is 1. The van der Waals surface area contributed by atoms with Crippen LogP contribution in [0.5, 0.6) is 0 Å². The lowest BCUT2D eigenvalue weighted by Crippen LogP contribution is -2.13. The van der Waals surface area contributed by atoms with E-state index in [1.165, 1.54) is 0 Å². The fraction of sp³-hybridized carbons (Fsp3) is 0.200. The molecule has 0 spiro atoms. The molecule has 0 unspecified atom stereocenters. The summed E-state index contributed by atoms with van der Waals surface area (Å²) in [6.45, 7) is 2.92. The molecule has 0 saturated heterocycles. The smallest absolute Gasteiger partial charge is 0.248 e. The van der Waals surface area contributed by atoms with Gasteiger partial charge in [0.1, 0.15) is 5.82 Å². The van der Waals surface area contributed by atoms with E-state index in [9.17, 15) is 4.79 Å². The molecule has 5 heteroatoms. The predicted molar refractivity (Wildman–Crippen MR) is 79.2 cm³/mol. The number of carbonyl (C=O) groups is 1. The highest BCUT2D eigenvalue weighted by molar-refractivity contribution is 5.93. The highest BCUT2D eigenvalue weighted by atomic mass is 16.1. The molecule has 0 aliphatic rings. The Labute approximate surface area is 118 Å². The van der Waals surface area contributed by atoms with Gasteiger partial charge in [0.15, 0.2) is 0 Å². The van der Waals surface area contributed by atoms with Crippen molar-refractivity contribution in [3.8, 4) is 0 Å². The Hall–Kier alpha value is -2.40. The minimum Gasteiger partial charge on any atom is -0.366 e. The number of primary amides is 1. The summed E-state index contributed by atoms with van der Waals surface area (Å²) in [5.41, 5.74) is 14.4. The minimum atomic E-state index is -0.457. The Morgan fingerprint density at radius 3 is 2.60 bits per heavy atom. The average Bonchev–Trinajstić information content (AvgIpc) is 2.44. The maximum atomic E-state index is 11.2. The number of pyridine rings is 1. The van der Waals surface area contributed by atoms with Crippen LogP contribution in [0.2, 0.25) is 0 Å². The van der Waals surface area contributed by atoms with E-state index in [0.717, 1.165) is 16.8 Å². The molecular weight excluding hydrogens is 252 g/mol. The van der Waals surface area contributed by atoms with Gasteiger partial charge in [-0.2, -0.15) is 0 Å². The monoisotopic (exact) mass is 270 g/mol. The zero-order valence-electron chi connectivity index (χ0n) is 11.4. The van der Waals surface area contributed by atoms with Crippen molar-refractivity contribution in [2.24, 2.45) is 11.5 Å². The van der Waals surface area contributed by atoms with Crippen LogP contribution in [0.4, 0.5) is 5.82 Å². The Morgan fingerprint density at radius 1 is 1.25 bits per heavy atom. The number of nitrogens with one attached hydrogen (secondary N) is 1. The van der Waals surface area contributed by atoms with Gasteiger partial charge in [-0.25, -0.2) is 4.98 Å². The van der Waals surface area contributed by atoms with Crippen molar-refractivity contribution in [3.63, 3.8) is 0 Å². The minimum absolute atomic E-state index is 0.451. The van der Waals surface area contributed by atoms with Crippen molar-refractivity contribution < 1.29 is 4.79 Å². The maximum absolute atomic E-state index is 11.2. The van der Waals surface area contributed by atoms with E-state index in [-0.39, 0.29) is 0 Å². The molecule has 1 aromatic heterocycles. The van der Waals surface area contributed by atoms with Gasteiger partial charge < -0.3 is 16.8 Å². The van der Waals surface area contributed by atoms with E-state index in [0.29, 0.717) is 24.5 Å². The third-order valence-electron chi connectivity index (χ3n) is 3.04. The summed E-state index contributed by atoms with van der Waals surface area (Å²) < 4.78 is 0. The van der Waals surface area contributed by atoms with Crippen molar-refractivity contribution in [2.75, 3.05) is 5.32 Å². The number of amides is 1. The predicted octanol–water partition coefficient (Wildman–Crippen LogP) is 1.56. The summed E-state index contributed by atoms with van der Waals surface area (Å²) in [5, 5.41) is 3.20. The van der Waals surface area contributed by atoms with Crippen LogP contribution in [0.25, 0.3) is 0 Å². The number of benzene rings is 1. The standard InChI is InChI=1S/C15H18N4O/c1-10-6-13(15(17)20)7-14(19-10)18-9-12-5-3-2-4-11(12)8-16/h2-7H,8-9,16H2,1H3,(H2,17,20)(H,18,19). The molecule has 0 saturated carbocycles. The average molecular weight is 270 g/mol. The van der Waals surface area contributed by atoms with E-state index in [2.05, 4.69) is 10.3 Å². The van der Waals surface area contributed by atoms with Crippen LogP contribution in [0, 0.1) is 6.92 Å². The normalized spacial score (nSPS) is 10.3. The Kier molecular flexibility index (Phi) is 4.32. The Morgan fingerprint density at radius 2 is 1.95 bits per heavy atom. The van der Waals surface area contributed by atoms with Crippen LogP contribution < -0.4 is 16.8 Å². The van der Waals surface area contributed by atoms with Crippen molar-refractivity contribution in [1.29, 1.82) is 0 Å². The second kappa shape index (κ2) is 6.16. The molecule has 2 aromatic rings. The summed E-state index contributed by atoms with van der Waals surface area (Å²) in [6.07, 6.45) is 0. The van der Waals surface area contributed by atoms with Crippen molar-refractivity contribution in [3.05, 3.63) is 58.8 Å². The first kappa shape index (κ1) is 14.0. The van der Waals surface area contributed by atoms with E-state index < -0.39 is 5.91 Å². The van der Waals surface area contributed by atoms with Gasteiger partial charge in [0.05, 0.1) is 0 Å². The zero-order valence-corrected chi connectivity index (χ0v) is 11.4. The first-order chi connectivity index (χ1) is 9.60. The number of aromatic nitrogens is 1. The number of anilines is 1. The quantitative estimate of drug-likeness (QED) is 0.768. The van der Waals surface area contributed by atoms with Gasteiger partial charge in [-0.05, 0) is 30.2 Å². The van der Waals surface area contributed by atoms with E-state index in [1.54, 1.807) is 12.1 Å². The maximum Gasteiger partial charge on any atom is 0.248 e. The van der Waals surface area contributed by atoms with Crippen molar-refractivity contribution in [1.82, 2.24) is 4.98 Å². The summed E-state index contributed by atoms with van der Waals surface area (Å²) in [4.78, 5) is 15.6. The molecule has 5 N–H and O–H groups in total. The molecule has 1 amide bonds. The van der Waals surface area contributed by atoms with Crippen molar-refractivity contribution >= 4 is 11.7 Å². The molecular formula is C15H18N4O. The highest BCUT2D eigenvalue weighted by Crippen LogP contribution is 2.13. The molecule has 0 radical (unpaired) electrons. The first-order valence-electron chi connectivity index (χ1n) is 6.39. The highest BCUT2D eigenvalue weighted by Gasteiger charge is 2.06. The molecule has 0 aliphatic heterocycles. The third-order valence-corrected chi connectivity index (χ3v) is 3.04. The molecule has 1 aromatic carbocycles. The summed E-state index contributed by atoms with van der Waals surface area (Å²) in [5.74, 6) is 0.173. The summed E-state index contributed by atoms with van der Waals surface area (Å²) >= 11 is 0. The lowest BCUT2D eigenvalue weighted by atomic mass is 10.1. The fourth-order valence-corrected chi connectivity index (χ4v) is 2.02. The molecule has 0 aliphatic carbocycles. The molecule has 1 heterocycles. The van der Waals surface area contributed by atoms with Gasteiger partial charge in [-0.3, -0.25) is 4.79 Å². The second-order valence-electron chi connectivity index (χ2n) is 4.57. The number of carbonyl (C=O) groups excluding carboxylic acids is 1. The van der Waals surface area contributed by atoms with Crippen LogP contribution in [0.15, 0.2) is 36.4 Å². The lowest BCUT2D eigenvalue weighted by Gasteiger charge is -2.11.